The molecule has 0 heterocycles. The first-order valence-corrected chi connectivity index (χ1v) is 5.15. The van der Waals surface area contributed by atoms with E-state index in [0.29, 0.717) is 11.1 Å². The number of amides is 1. The third-order valence-electron chi connectivity index (χ3n) is 2.21. The smallest absolute Gasteiger partial charge is 0.272 e. The maximum Gasteiger partial charge on any atom is 0.272 e. The summed E-state index contributed by atoms with van der Waals surface area (Å²) in [6, 6.07) is 4.76. The average Bonchev–Trinajstić information content (AvgIpc) is 2.26. The van der Waals surface area contributed by atoms with Crippen molar-refractivity contribution in [3.8, 4) is 0 Å². The monoisotopic (exact) mass is 242 g/mol. The third kappa shape index (κ3) is 2.93. The van der Waals surface area contributed by atoms with E-state index in [0.717, 1.165) is 0 Å². The van der Waals surface area contributed by atoms with Crippen LogP contribution in [-0.2, 0) is 11.3 Å². The molecule has 86 valence electrons. The minimum atomic E-state index is -0.442. The van der Waals surface area contributed by atoms with Crippen molar-refractivity contribution in [2.24, 2.45) is 0 Å². The number of rotatable bonds is 4. The van der Waals surface area contributed by atoms with Crippen LogP contribution < -0.4 is 5.32 Å². The maximum atomic E-state index is 10.9. The van der Waals surface area contributed by atoms with E-state index in [1.807, 2.05) is 0 Å². The normalized spacial score (nSPS) is 9.88. The summed E-state index contributed by atoms with van der Waals surface area (Å²) in [5, 5.41) is 13.2. The highest BCUT2D eigenvalue weighted by molar-refractivity contribution is 6.27. The number of nitrogens with zero attached hydrogens (tertiary/aromatic N) is 1. The molecule has 0 radical (unpaired) electrons. The molecule has 1 rings (SSSR count). The summed E-state index contributed by atoms with van der Waals surface area (Å²) < 4.78 is 0. The van der Waals surface area contributed by atoms with Crippen molar-refractivity contribution in [2.75, 3.05) is 5.88 Å². The van der Waals surface area contributed by atoms with Crippen LogP contribution in [0.1, 0.15) is 11.1 Å². The van der Waals surface area contributed by atoms with Gasteiger partial charge in [0, 0.05) is 18.2 Å². The van der Waals surface area contributed by atoms with Gasteiger partial charge in [0.25, 0.3) is 5.69 Å². The molecule has 0 aliphatic rings. The summed E-state index contributed by atoms with van der Waals surface area (Å²) in [5.74, 6) is -0.416. The number of carbonyl (C=O) groups is 1. The Morgan fingerprint density at radius 3 is 2.81 bits per heavy atom. The molecule has 0 aliphatic heterocycles. The van der Waals surface area contributed by atoms with Gasteiger partial charge < -0.3 is 5.32 Å². The Morgan fingerprint density at radius 1 is 1.56 bits per heavy atom. The first-order valence-electron chi connectivity index (χ1n) is 4.61. The number of hydrogen-bond acceptors (Lipinski definition) is 3. The number of benzene rings is 1. The Morgan fingerprint density at radius 2 is 2.25 bits per heavy atom. The highest BCUT2D eigenvalue weighted by Gasteiger charge is 2.13. The molecule has 0 aromatic heterocycles. The van der Waals surface area contributed by atoms with Crippen LogP contribution in [0.25, 0.3) is 0 Å². The highest BCUT2D eigenvalue weighted by atomic mass is 35.5. The van der Waals surface area contributed by atoms with Gasteiger partial charge in [0.1, 0.15) is 5.88 Å². The number of nitro benzene ring substituents is 1. The zero-order valence-electron chi connectivity index (χ0n) is 8.70. The Kier molecular flexibility index (Phi) is 4.25. The van der Waals surface area contributed by atoms with Crippen molar-refractivity contribution in [3.05, 3.63) is 39.4 Å². The van der Waals surface area contributed by atoms with Gasteiger partial charge in [0.2, 0.25) is 5.91 Å². The van der Waals surface area contributed by atoms with Gasteiger partial charge in [-0.25, -0.2) is 0 Å². The molecule has 1 amide bonds. The fourth-order valence-corrected chi connectivity index (χ4v) is 1.39. The second-order valence-corrected chi connectivity index (χ2v) is 3.50. The number of carbonyl (C=O) groups excluding carboxylic acids is 1. The molecule has 0 spiro atoms. The largest absolute Gasteiger partial charge is 0.351 e. The van der Waals surface area contributed by atoms with Gasteiger partial charge in [-0.05, 0) is 12.5 Å². The van der Waals surface area contributed by atoms with Gasteiger partial charge in [0.05, 0.1) is 4.92 Å². The van der Waals surface area contributed by atoms with Gasteiger partial charge in [-0.15, -0.1) is 11.6 Å². The van der Waals surface area contributed by atoms with Gasteiger partial charge >= 0.3 is 0 Å². The van der Waals surface area contributed by atoms with E-state index >= 15 is 0 Å². The van der Waals surface area contributed by atoms with E-state index in [9.17, 15) is 14.9 Å². The molecule has 0 fully saturated rings. The molecule has 0 saturated carbocycles. The summed E-state index contributed by atoms with van der Waals surface area (Å²) >= 11 is 5.32. The fraction of sp³-hybridized carbons (Fsp3) is 0.300. The van der Waals surface area contributed by atoms with Crippen molar-refractivity contribution >= 4 is 23.2 Å². The van der Waals surface area contributed by atoms with E-state index in [4.69, 9.17) is 11.6 Å². The summed E-state index contributed by atoms with van der Waals surface area (Å²) in [6.07, 6.45) is 0. The van der Waals surface area contributed by atoms with E-state index in [1.165, 1.54) is 6.07 Å². The first-order chi connectivity index (χ1) is 7.56. The van der Waals surface area contributed by atoms with Crippen LogP contribution >= 0.6 is 11.6 Å². The lowest BCUT2D eigenvalue weighted by Crippen LogP contribution is -2.24. The topological polar surface area (TPSA) is 72.2 Å². The van der Waals surface area contributed by atoms with Crippen LogP contribution in [0.3, 0.4) is 0 Å². The Bertz CT molecular complexity index is 421. The van der Waals surface area contributed by atoms with Crippen LogP contribution in [0.2, 0.25) is 0 Å². The lowest BCUT2D eigenvalue weighted by Gasteiger charge is -2.06. The van der Waals surface area contributed by atoms with E-state index < -0.39 is 4.92 Å². The van der Waals surface area contributed by atoms with Crippen LogP contribution in [0.5, 0.6) is 0 Å². The molecule has 0 atom stereocenters. The summed E-state index contributed by atoms with van der Waals surface area (Å²) in [6.45, 7) is 1.90. The number of nitro groups is 1. The average molecular weight is 243 g/mol. The van der Waals surface area contributed by atoms with Crippen LogP contribution in [0.4, 0.5) is 5.69 Å². The molecule has 16 heavy (non-hydrogen) atoms. The van der Waals surface area contributed by atoms with Crippen LogP contribution in [0, 0.1) is 17.0 Å². The van der Waals surface area contributed by atoms with Crippen molar-refractivity contribution < 1.29 is 9.72 Å². The Hall–Kier alpha value is -1.62. The molecule has 0 saturated heterocycles. The lowest BCUT2D eigenvalue weighted by molar-refractivity contribution is -0.385. The molecule has 5 nitrogen and oxygen atoms in total. The Labute approximate surface area is 97.6 Å². The lowest BCUT2D eigenvalue weighted by atomic mass is 10.1. The second kappa shape index (κ2) is 5.46. The minimum Gasteiger partial charge on any atom is -0.351 e. The SMILES string of the molecule is Cc1c(CNC(=O)CCl)cccc1[N+](=O)[O-]. The van der Waals surface area contributed by atoms with E-state index in [1.54, 1.807) is 19.1 Å². The maximum absolute atomic E-state index is 10.9. The van der Waals surface area contributed by atoms with Gasteiger partial charge in [-0.1, -0.05) is 12.1 Å². The molecular weight excluding hydrogens is 232 g/mol. The quantitative estimate of drug-likeness (QED) is 0.497. The predicted molar refractivity (Wildman–Crippen MR) is 60.4 cm³/mol. The molecule has 6 heteroatoms. The van der Waals surface area contributed by atoms with Gasteiger partial charge in [-0.2, -0.15) is 0 Å². The molecule has 1 aromatic rings. The minimum absolute atomic E-state index is 0.0534. The fourth-order valence-electron chi connectivity index (χ4n) is 1.30. The first kappa shape index (κ1) is 12.4. The molecule has 0 aliphatic carbocycles. The number of alkyl halides is 1. The molecule has 1 aromatic carbocycles. The van der Waals surface area contributed by atoms with Gasteiger partial charge in [0.15, 0.2) is 0 Å². The van der Waals surface area contributed by atoms with Crippen molar-refractivity contribution in [1.29, 1.82) is 0 Å². The Balaban J connectivity index is 2.85. The van der Waals surface area contributed by atoms with Crippen LogP contribution in [-0.4, -0.2) is 16.7 Å². The van der Waals surface area contributed by atoms with E-state index in [-0.39, 0.29) is 24.0 Å². The number of halogens is 1. The van der Waals surface area contributed by atoms with Crippen molar-refractivity contribution in [2.45, 2.75) is 13.5 Å². The summed E-state index contributed by atoms with van der Waals surface area (Å²) in [4.78, 5) is 21.2. The highest BCUT2D eigenvalue weighted by Crippen LogP contribution is 2.20. The number of nitrogens with one attached hydrogen (secondary N) is 1. The van der Waals surface area contributed by atoms with Gasteiger partial charge in [-0.3, -0.25) is 14.9 Å². The third-order valence-corrected chi connectivity index (χ3v) is 2.45. The summed E-state index contributed by atoms with van der Waals surface area (Å²) in [7, 11) is 0. The second-order valence-electron chi connectivity index (χ2n) is 3.23. The molecular formula is C10H11ClN2O3. The zero-order valence-corrected chi connectivity index (χ0v) is 9.45. The van der Waals surface area contributed by atoms with Crippen LogP contribution in [0.15, 0.2) is 18.2 Å². The predicted octanol–water partition coefficient (Wildman–Crippen LogP) is 1.76. The number of hydrogen-bond donors (Lipinski definition) is 1. The van der Waals surface area contributed by atoms with Crippen molar-refractivity contribution in [3.63, 3.8) is 0 Å². The zero-order chi connectivity index (χ0) is 12.1. The van der Waals surface area contributed by atoms with Crippen molar-refractivity contribution in [1.82, 2.24) is 5.32 Å². The molecule has 0 bridgehead atoms. The molecule has 0 unspecified atom stereocenters. The van der Waals surface area contributed by atoms with E-state index in [2.05, 4.69) is 5.32 Å². The molecule has 1 N–H and O–H groups in total. The standard InChI is InChI=1S/C10H11ClN2O3/c1-7-8(6-12-10(14)5-11)3-2-4-9(7)13(15)16/h2-4H,5-6H2,1H3,(H,12,14). The summed E-state index contributed by atoms with van der Waals surface area (Å²) in [5.41, 5.74) is 1.33.